The van der Waals surface area contributed by atoms with Gasteiger partial charge in [0.1, 0.15) is 5.02 Å². The summed E-state index contributed by atoms with van der Waals surface area (Å²) in [4.78, 5) is 22.1. The van der Waals surface area contributed by atoms with Crippen molar-refractivity contribution in [2.45, 2.75) is 6.42 Å². The molecule has 0 aliphatic heterocycles. The molecule has 0 fully saturated rings. The summed E-state index contributed by atoms with van der Waals surface area (Å²) in [7, 11) is 0. The van der Waals surface area contributed by atoms with Crippen LogP contribution in [-0.4, -0.2) is 16.2 Å². The molecular formula is C11H6Cl2O5. The van der Waals surface area contributed by atoms with Crippen molar-refractivity contribution in [1.29, 1.82) is 0 Å². The highest BCUT2D eigenvalue weighted by Gasteiger charge is 2.15. The lowest BCUT2D eigenvalue weighted by atomic mass is 10.1. The second-order valence-electron chi connectivity index (χ2n) is 3.57. The SMILES string of the molecule is O=C(O)Cc1cc2cc(Cl)c(O)c(Cl)c2oc1=O. The predicted octanol–water partition coefficient (Wildman–Crippen LogP) is 2.43. The van der Waals surface area contributed by atoms with Crippen molar-refractivity contribution in [1.82, 2.24) is 0 Å². The molecule has 0 aliphatic rings. The van der Waals surface area contributed by atoms with E-state index in [1.807, 2.05) is 0 Å². The van der Waals surface area contributed by atoms with Gasteiger partial charge in [-0.05, 0) is 12.1 Å². The summed E-state index contributed by atoms with van der Waals surface area (Å²) in [6.07, 6.45) is -0.464. The van der Waals surface area contributed by atoms with Crippen LogP contribution in [0.5, 0.6) is 5.75 Å². The third-order valence-corrected chi connectivity index (χ3v) is 2.95. The molecule has 0 saturated heterocycles. The molecule has 2 aromatic rings. The van der Waals surface area contributed by atoms with Crippen molar-refractivity contribution in [2.75, 3.05) is 0 Å². The molecule has 18 heavy (non-hydrogen) atoms. The zero-order valence-corrected chi connectivity index (χ0v) is 10.2. The fourth-order valence-corrected chi connectivity index (χ4v) is 2.02. The summed E-state index contributed by atoms with van der Waals surface area (Å²) in [6, 6.07) is 2.67. The number of benzene rings is 1. The van der Waals surface area contributed by atoms with Gasteiger partial charge in [0.2, 0.25) is 0 Å². The molecule has 0 radical (unpaired) electrons. The van der Waals surface area contributed by atoms with E-state index in [1.165, 1.54) is 12.1 Å². The lowest BCUT2D eigenvalue weighted by molar-refractivity contribution is -0.136. The Kier molecular flexibility index (Phi) is 3.19. The van der Waals surface area contributed by atoms with Gasteiger partial charge in [-0.2, -0.15) is 0 Å². The van der Waals surface area contributed by atoms with Gasteiger partial charge in [-0.25, -0.2) is 4.79 Å². The molecule has 0 amide bonds. The van der Waals surface area contributed by atoms with Crippen LogP contribution in [0.15, 0.2) is 21.3 Å². The fourth-order valence-electron chi connectivity index (χ4n) is 1.51. The van der Waals surface area contributed by atoms with Crippen molar-refractivity contribution in [3.63, 3.8) is 0 Å². The molecule has 94 valence electrons. The molecular weight excluding hydrogens is 283 g/mol. The second kappa shape index (κ2) is 4.51. The first-order valence-electron chi connectivity index (χ1n) is 4.75. The quantitative estimate of drug-likeness (QED) is 0.829. The summed E-state index contributed by atoms with van der Waals surface area (Å²) >= 11 is 11.5. The molecule has 1 aromatic carbocycles. The molecule has 2 N–H and O–H groups in total. The average Bonchev–Trinajstić information content (AvgIpc) is 2.28. The minimum atomic E-state index is -1.15. The monoisotopic (exact) mass is 288 g/mol. The smallest absolute Gasteiger partial charge is 0.340 e. The first-order valence-corrected chi connectivity index (χ1v) is 5.51. The number of aliphatic carboxylic acids is 1. The van der Waals surface area contributed by atoms with Crippen LogP contribution in [0.3, 0.4) is 0 Å². The Bertz CT molecular complexity index is 705. The van der Waals surface area contributed by atoms with E-state index in [1.54, 1.807) is 0 Å². The topological polar surface area (TPSA) is 87.7 Å². The summed E-state index contributed by atoms with van der Waals surface area (Å²) < 4.78 is 4.89. The largest absolute Gasteiger partial charge is 0.505 e. The van der Waals surface area contributed by atoms with Gasteiger partial charge in [-0.15, -0.1) is 0 Å². The van der Waals surface area contributed by atoms with E-state index in [0.717, 1.165) is 0 Å². The summed E-state index contributed by atoms with van der Waals surface area (Å²) in [6.45, 7) is 0. The van der Waals surface area contributed by atoms with E-state index in [9.17, 15) is 14.7 Å². The average molecular weight is 289 g/mol. The number of fused-ring (bicyclic) bond motifs is 1. The highest BCUT2D eigenvalue weighted by Crippen LogP contribution is 2.37. The lowest BCUT2D eigenvalue weighted by Crippen LogP contribution is -2.12. The van der Waals surface area contributed by atoms with E-state index in [4.69, 9.17) is 32.7 Å². The van der Waals surface area contributed by atoms with E-state index in [-0.39, 0.29) is 26.9 Å². The Morgan fingerprint density at radius 3 is 2.61 bits per heavy atom. The molecule has 1 aromatic heterocycles. The zero-order chi connectivity index (χ0) is 13.4. The van der Waals surface area contributed by atoms with Gasteiger partial charge < -0.3 is 14.6 Å². The Hall–Kier alpha value is -1.72. The zero-order valence-electron chi connectivity index (χ0n) is 8.74. The number of halogens is 2. The number of aromatic hydroxyl groups is 1. The van der Waals surface area contributed by atoms with Gasteiger partial charge in [-0.3, -0.25) is 4.79 Å². The maximum Gasteiger partial charge on any atom is 0.340 e. The van der Waals surface area contributed by atoms with Crippen molar-refractivity contribution < 1.29 is 19.4 Å². The van der Waals surface area contributed by atoms with Crippen molar-refractivity contribution >= 4 is 40.1 Å². The number of carbonyl (C=O) groups is 1. The van der Waals surface area contributed by atoms with Gasteiger partial charge in [0, 0.05) is 10.9 Å². The maximum atomic E-state index is 11.5. The number of phenolic OH excluding ortho intramolecular Hbond substituents is 1. The van der Waals surface area contributed by atoms with Crippen LogP contribution in [0.4, 0.5) is 0 Å². The van der Waals surface area contributed by atoms with Gasteiger partial charge in [0.25, 0.3) is 0 Å². The Labute approximate surface area is 110 Å². The molecule has 0 spiro atoms. The highest BCUT2D eigenvalue weighted by molar-refractivity contribution is 6.40. The first kappa shape index (κ1) is 12.7. The minimum absolute atomic E-state index is 0.0115. The van der Waals surface area contributed by atoms with Crippen LogP contribution in [0.1, 0.15) is 5.56 Å². The van der Waals surface area contributed by atoms with E-state index < -0.39 is 18.0 Å². The number of hydrogen-bond donors (Lipinski definition) is 2. The normalized spacial score (nSPS) is 10.8. The fraction of sp³-hybridized carbons (Fsp3) is 0.0909. The van der Waals surface area contributed by atoms with Gasteiger partial charge in [0.05, 0.1) is 11.4 Å². The van der Waals surface area contributed by atoms with Crippen LogP contribution >= 0.6 is 23.2 Å². The van der Waals surface area contributed by atoms with Crippen molar-refractivity contribution in [3.8, 4) is 5.75 Å². The maximum absolute atomic E-state index is 11.5. The van der Waals surface area contributed by atoms with Crippen LogP contribution in [0.25, 0.3) is 11.0 Å². The first-order chi connectivity index (χ1) is 8.40. The third kappa shape index (κ3) is 2.14. The van der Waals surface area contributed by atoms with Crippen molar-refractivity contribution in [3.05, 3.63) is 38.2 Å². The number of carboxylic acid groups (broad SMARTS) is 1. The van der Waals surface area contributed by atoms with Crippen LogP contribution in [-0.2, 0) is 11.2 Å². The standard InChI is InChI=1S/C11H6Cl2O5/c12-6-2-4-1-5(3-7(14)15)11(17)18-10(4)8(13)9(6)16/h1-2,16H,3H2,(H,14,15). The van der Waals surface area contributed by atoms with Gasteiger partial charge >= 0.3 is 11.6 Å². The summed E-state index contributed by atoms with van der Waals surface area (Å²) in [5, 5.41) is 18.3. The third-order valence-electron chi connectivity index (χ3n) is 2.31. The lowest BCUT2D eigenvalue weighted by Gasteiger charge is -2.05. The Morgan fingerprint density at radius 2 is 2.00 bits per heavy atom. The number of carboxylic acids is 1. The number of phenols is 1. The Balaban J connectivity index is 2.76. The second-order valence-corrected chi connectivity index (χ2v) is 4.35. The van der Waals surface area contributed by atoms with E-state index in [2.05, 4.69) is 0 Å². The van der Waals surface area contributed by atoms with E-state index in [0.29, 0.717) is 5.39 Å². The molecule has 0 aliphatic carbocycles. The van der Waals surface area contributed by atoms with Crippen LogP contribution in [0.2, 0.25) is 10.0 Å². The molecule has 1 heterocycles. The van der Waals surface area contributed by atoms with Gasteiger partial charge in [-0.1, -0.05) is 23.2 Å². The molecule has 0 atom stereocenters. The van der Waals surface area contributed by atoms with Crippen LogP contribution in [0, 0.1) is 0 Å². The van der Waals surface area contributed by atoms with Gasteiger partial charge in [0.15, 0.2) is 11.3 Å². The van der Waals surface area contributed by atoms with E-state index >= 15 is 0 Å². The number of hydrogen-bond acceptors (Lipinski definition) is 4. The molecule has 0 saturated carbocycles. The molecule has 0 bridgehead atoms. The molecule has 7 heteroatoms. The summed E-state index contributed by atoms with van der Waals surface area (Å²) in [5.74, 6) is -1.54. The molecule has 5 nitrogen and oxygen atoms in total. The minimum Gasteiger partial charge on any atom is -0.505 e. The number of rotatable bonds is 2. The highest BCUT2D eigenvalue weighted by atomic mass is 35.5. The molecule has 0 unspecified atom stereocenters. The van der Waals surface area contributed by atoms with Crippen LogP contribution < -0.4 is 5.63 Å². The Morgan fingerprint density at radius 1 is 1.33 bits per heavy atom. The summed E-state index contributed by atoms with van der Waals surface area (Å²) in [5.41, 5.74) is -0.862. The molecule has 2 rings (SSSR count). The predicted molar refractivity (Wildman–Crippen MR) is 65.5 cm³/mol. The van der Waals surface area contributed by atoms with Crippen molar-refractivity contribution in [2.24, 2.45) is 0 Å².